The van der Waals surface area contributed by atoms with E-state index in [0.29, 0.717) is 5.69 Å². The van der Waals surface area contributed by atoms with Crippen LogP contribution in [0, 0.1) is 6.92 Å². The van der Waals surface area contributed by atoms with Crippen LogP contribution in [-0.2, 0) is 15.0 Å². The summed E-state index contributed by atoms with van der Waals surface area (Å²) < 4.78 is 0. The number of hydrogen-bond acceptors (Lipinski definition) is 2. The highest BCUT2D eigenvalue weighted by molar-refractivity contribution is 6.09. The van der Waals surface area contributed by atoms with E-state index in [1.165, 1.54) is 6.08 Å². The van der Waals surface area contributed by atoms with E-state index in [1.807, 2.05) is 63.2 Å². The van der Waals surface area contributed by atoms with Crippen LogP contribution in [0.2, 0.25) is 0 Å². The fourth-order valence-corrected chi connectivity index (χ4v) is 3.33. The lowest BCUT2D eigenvalue weighted by Gasteiger charge is -2.17. The molecule has 0 unspecified atom stereocenters. The molecule has 4 nitrogen and oxygen atoms in total. The van der Waals surface area contributed by atoms with Crippen molar-refractivity contribution >= 4 is 29.3 Å². The van der Waals surface area contributed by atoms with Crippen molar-refractivity contribution in [2.45, 2.75) is 26.2 Å². The number of carbonyl (C=O) groups excluding carboxylic acids is 2. The van der Waals surface area contributed by atoms with Crippen LogP contribution in [0.25, 0.3) is 6.08 Å². The number of carbonyl (C=O) groups is 2. The molecule has 1 N–H and O–H groups in total. The Hall–Kier alpha value is -2.88. The fraction of sp³-hybridized carbons (Fsp3) is 0.238. The minimum Gasteiger partial charge on any atom is -0.322 e. The molecule has 1 aliphatic heterocycles. The summed E-state index contributed by atoms with van der Waals surface area (Å²) in [6.45, 7) is 5.79. The van der Waals surface area contributed by atoms with Gasteiger partial charge in [-0.3, -0.25) is 9.59 Å². The summed E-state index contributed by atoms with van der Waals surface area (Å²) in [6, 6.07) is 13.5. The first-order chi connectivity index (χ1) is 11.8. The normalized spacial score (nSPS) is 15.5. The molecule has 3 rings (SSSR count). The molecular formula is C21H22N2O2. The molecule has 0 bridgehead atoms. The number of hydrogen-bond donors (Lipinski definition) is 1. The van der Waals surface area contributed by atoms with Crippen LogP contribution in [0.1, 0.15) is 30.5 Å². The lowest BCUT2D eigenvalue weighted by molar-refractivity contribution is -0.121. The van der Waals surface area contributed by atoms with Gasteiger partial charge in [-0.25, -0.2) is 0 Å². The van der Waals surface area contributed by atoms with E-state index >= 15 is 0 Å². The summed E-state index contributed by atoms with van der Waals surface area (Å²) in [5.41, 5.74) is 3.94. The molecule has 0 saturated carbocycles. The van der Waals surface area contributed by atoms with Gasteiger partial charge in [0.15, 0.2) is 0 Å². The molecular weight excluding hydrogens is 312 g/mol. The quantitative estimate of drug-likeness (QED) is 0.866. The molecule has 2 aromatic rings. The Bertz CT molecular complexity index is 867. The van der Waals surface area contributed by atoms with Crippen molar-refractivity contribution in [2.75, 3.05) is 17.3 Å². The molecule has 0 radical (unpaired) electrons. The lowest BCUT2D eigenvalue weighted by atomic mass is 9.85. The summed E-state index contributed by atoms with van der Waals surface area (Å²) in [6.07, 6.45) is 3.29. The molecule has 1 aliphatic rings. The van der Waals surface area contributed by atoms with E-state index in [-0.39, 0.29) is 11.8 Å². The van der Waals surface area contributed by atoms with Crippen LogP contribution in [0.3, 0.4) is 0 Å². The third-order valence-corrected chi connectivity index (χ3v) is 4.64. The fourth-order valence-electron chi connectivity index (χ4n) is 3.33. The summed E-state index contributed by atoms with van der Waals surface area (Å²) in [5.74, 6) is -0.128. The second-order valence-electron chi connectivity index (χ2n) is 6.91. The van der Waals surface area contributed by atoms with Gasteiger partial charge in [-0.15, -0.1) is 0 Å². The van der Waals surface area contributed by atoms with Gasteiger partial charge in [0.2, 0.25) is 11.8 Å². The van der Waals surface area contributed by atoms with E-state index in [2.05, 4.69) is 5.32 Å². The van der Waals surface area contributed by atoms with Gasteiger partial charge in [-0.1, -0.05) is 30.3 Å². The van der Waals surface area contributed by atoms with Crippen molar-refractivity contribution in [1.29, 1.82) is 0 Å². The molecule has 0 aromatic heterocycles. The number of aryl methyl sites for hydroxylation is 1. The summed E-state index contributed by atoms with van der Waals surface area (Å²) in [4.78, 5) is 26.4. The zero-order valence-corrected chi connectivity index (χ0v) is 15.0. The number of fused-ring (bicyclic) bond motifs is 1. The second-order valence-corrected chi connectivity index (χ2v) is 6.91. The molecule has 0 aliphatic carbocycles. The molecule has 128 valence electrons. The van der Waals surface area contributed by atoms with Crippen molar-refractivity contribution < 1.29 is 9.59 Å². The Balaban J connectivity index is 1.84. The lowest BCUT2D eigenvalue weighted by Crippen LogP contribution is -2.33. The van der Waals surface area contributed by atoms with Gasteiger partial charge >= 0.3 is 0 Å². The molecule has 2 aromatic carbocycles. The number of nitrogens with zero attached hydrogens (tertiary/aromatic N) is 1. The molecule has 1 heterocycles. The molecule has 0 saturated heterocycles. The monoisotopic (exact) mass is 334 g/mol. The number of benzene rings is 2. The van der Waals surface area contributed by atoms with Crippen LogP contribution in [-0.4, -0.2) is 18.9 Å². The summed E-state index contributed by atoms with van der Waals surface area (Å²) >= 11 is 0. The van der Waals surface area contributed by atoms with Crippen LogP contribution < -0.4 is 10.2 Å². The Morgan fingerprint density at radius 2 is 1.84 bits per heavy atom. The van der Waals surface area contributed by atoms with Crippen molar-refractivity contribution in [3.63, 3.8) is 0 Å². The summed E-state index contributed by atoms with van der Waals surface area (Å²) in [7, 11) is 1.80. The van der Waals surface area contributed by atoms with Crippen LogP contribution >= 0.6 is 0 Å². The maximum Gasteiger partial charge on any atom is 0.248 e. The van der Waals surface area contributed by atoms with Crippen molar-refractivity contribution in [1.82, 2.24) is 0 Å². The standard InChI is InChI=1S/C21H22N2O2/c1-14-12-16(13-17-19(14)23(4)20(25)21(17,2)3)22-18(24)11-10-15-8-6-5-7-9-15/h5-13H,1-4H3,(H,22,24). The highest BCUT2D eigenvalue weighted by Crippen LogP contribution is 2.44. The molecule has 0 fully saturated rings. The predicted molar refractivity (Wildman–Crippen MR) is 102 cm³/mol. The second kappa shape index (κ2) is 6.20. The number of rotatable bonds is 3. The Morgan fingerprint density at radius 1 is 1.16 bits per heavy atom. The highest BCUT2D eigenvalue weighted by Gasteiger charge is 2.43. The molecule has 25 heavy (non-hydrogen) atoms. The molecule has 0 spiro atoms. The zero-order chi connectivity index (χ0) is 18.2. The third kappa shape index (κ3) is 3.07. The molecule has 0 atom stereocenters. The summed E-state index contributed by atoms with van der Waals surface area (Å²) in [5, 5.41) is 2.89. The van der Waals surface area contributed by atoms with Gasteiger partial charge in [-0.2, -0.15) is 0 Å². The number of amides is 2. The van der Waals surface area contributed by atoms with Crippen molar-refractivity contribution in [2.24, 2.45) is 0 Å². The number of nitrogens with one attached hydrogen (secondary N) is 1. The Labute approximate surface area is 148 Å². The van der Waals surface area contributed by atoms with Gasteiger partial charge in [0.05, 0.1) is 11.1 Å². The van der Waals surface area contributed by atoms with Gasteiger partial charge in [0, 0.05) is 18.8 Å². The van der Waals surface area contributed by atoms with Gasteiger partial charge in [0.25, 0.3) is 0 Å². The van der Waals surface area contributed by atoms with E-state index in [4.69, 9.17) is 0 Å². The third-order valence-electron chi connectivity index (χ3n) is 4.64. The first-order valence-electron chi connectivity index (χ1n) is 8.28. The molecule has 2 amide bonds. The SMILES string of the molecule is Cc1cc(NC(=O)C=Cc2ccccc2)cc2c1N(C)C(=O)C2(C)C. The smallest absolute Gasteiger partial charge is 0.248 e. The van der Waals surface area contributed by atoms with Crippen molar-refractivity contribution in [3.05, 3.63) is 65.2 Å². The van der Waals surface area contributed by atoms with Crippen LogP contribution in [0.4, 0.5) is 11.4 Å². The minimum absolute atomic E-state index is 0.0676. The molecule has 4 heteroatoms. The predicted octanol–water partition coefficient (Wildman–Crippen LogP) is 3.90. The topological polar surface area (TPSA) is 49.4 Å². The van der Waals surface area contributed by atoms with E-state index in [1.54, 1.807) is 18.0 Å². The average molecular weight is 334 g/mol. The number of anilines is 2. The highest BCUT2D eigenvalue weighted by atomic mass is 16.2. The van der Waals surface area contributed by atoms with Crippen LogP contribution in [0.15, 0.2) is 48.5 Å². The van der Waals surface area contributed by atoms with E-state index in [0.717, 1.165) is 22.4 Å². The van der Waals surface area contributed by atoms with E-state index in [9.17, 15) is 9.59 Å². The van der Waals surface area contributed by atoms with E-state index < -0.39 is 5.41 Å². The minimum atomic E-state index is -0.588. The maximum atomic E-state index is 12.5. The Morgan fingerprint density at radius 3 is 2.52 bits per heavy atom. The Kier molecular flexibility index (Phi) is 4.21. The van der Waals surface area contributed by atoms with Gasteiger partial charge < -0.3 is 10.2 Å². The van der Waals surface area contributed by atoms with Gasteiger partial charge in [-0.05, 0) is 55.7 Å². The van der Waals surface area contributed by atoms with Crippen LogP contribution in [0.5, 0.6) is 0 Å². The largest absolute Gasteiger partial charge is 0.322 e. The van der Waals surface area contributed by atoms with Gasteiger partial charge in [0.1, 0.15) is 0 Å². The number of likely N-dealkylation sites (N-methyl/N-ethyl adjacent to an activating group) is 1. The first-order valence-corrected chi connectivity index (χ1v) is 8.28. The maximum absolute atomic E-state index is 12.5. The zero-order valence-electron chi connectivity index (χ0n) is 15.0. The average Bonchev–Trinajstić information content (AvgIpc) is 2.75. The van der Waals surface area contributed by atoms with Crippen molar-refractivity contribution in [3.8, 4) is 0 Å². The first kappa shape index (κ1) is 17.0.